The second-order valence-electron chi connectivity index (χ2n) is 4.99. The van der Waals surface area contributed by atoms with Crippen LogP contribution >= 0.6 is 11.6 Å². The number of rotatable bonds is 2. The molecular formula is C14H14ClN3O2S. The first kappa shape index (κ1) is 14.4. The minimum Gasteiger partial charge on any atom is -0.245 e. The third kappa shape index (κ3) is 2.66. The first-order valence-electron chi connectivity index (χ1n) is 6.52. The molecule has 0 aliphatic carbocycles. The molecule has 1 aromatic heterocycles. The highest BCUT2D eigenvalue weighted by Gasteiger charge is 2.29. The fourth-order valence-corrected chi connectivity index (χ4v) is 3.99. The average molecular weight is 324 g/mol. The maximum Gasteiger partial charge on any atom is 0.243 e. The maximum atomic E-state index is 12.7. The van der Waals surface area contributed by atoms with E-state index in [-0.39, 0.29) is 11.4 Å². The smallest absolute Gasteiger partial charge is 0.243 e. The summed E-state index contributed by atoms with van der Waals surface area (Å²) < 4.78 is 26.8. The minimum atomic E-state index is -3.56. The topological polar surface area (TPSA) is 63.2 Å². The lowest BCUT2D eigenvalue weighted by Crippen LogP contribution is -2.36. The molecule has 2 heterocycles. The van der Waals surface area contributed by atoms with Gasteiger partial charge in [0, 0.05) is 17.8 Å². The molecule has 0 amide bonds. The molecule has 0 bridgehead atoms. The Kier molecular flexibility index (Phi) is 3.69. The quantitative estimate of drug-likeness (QED) is 0.850. The van der Waals surface area contributed by atoms with Gasteiger partial charge in [-0.2, -0.15) is 4.31 Å². The Morgan fingerprint density at radius 2 is 2.14 bits per heavy atom. The summed E-state index contributed by atoms with van der Waals surface area (Å²) in [6.45, 7) is 2.53. The normalized spacial score (nSPS) is 15.7. The number of benzene rings is 1. The predicted molar refractivity (Wildman–Crippen MR) is 79.5 cm³/mol. The van der Waals surface area contributed by atoms with E-state index in [2.05, 4.69) is 9.97 Å². The monoisotopic (exact) mass is 323 g/mol. The molecule has 0 N–H and O–H groups in total. The number of hydrogen-bond donors (Lipinski definition) is 0. The Bertz CT molecular complexity index is 793. The van der Waals surface area contributed by atoms with Gasteiger partial charge < -0.3 is 0 Å². The SMILES string of the molecule is Cc1ccc(S(=O)(=O)N2CCc3cncnc3C2)cc1Cl. The molecule has 0 radical (unpaired) electrons. The van der Waals surface area contributed by atoms with Crippen molar-refractivity contribution in [2.75, 3.05) is 6.54 Å². The van der Waals surface area contributed by atoms with E-state index in [0.717, 1.165) is 16.8 Å². The number of aromatic nitrogens is 2. The van der Waals surface area contributed by atoms with Crippen molar-refractivity contribution >= 4 is 21.6 Å². The van der Waals surface area contributed by atoms with Crippen LogP contribution < -0.4 is 0 Å². The average Bonchev–Trinajstić information content (AvgIpc) is 2.49. The van der Waals surface area contributed by atoms with Crippen LogP contribution in [0, 0.1) is 6.92 Å². The largest absolute Gasteiger partial charge is 0.245 e. The number of hydrogen-bond acceptors (Lipinski definition) is 4. The summed E-state index contributed by atoms with van der Waals surface area (Å²) in [4.78, 5) is 8.35. The van der Waals surface area contributed by atoms with Gasteiger partial charge in [-0.1, -0.05) is 17.7 Å². The Balaban J connectivity index is 1.95. The van der Waals surface area contributed by atoms with Gasteiger partial charge in [0.05, 0.1) is 17.1 Å². The minimum absolute atomic E-state index is 0.218. The third-order valence-electron chi connectivity index (χ3n) is 3.62. The molecule has 0 fully saturated rings. The lowest BCUT2D eigenvalue weighted by Gasteiger charge is -2.27. The van der Waals surface area contributed by atoms with E-state index in [9.17, 15) is 8.42 Å². The summed E-state index contributed by atoms with van der Waals surface area (Å²) in [5.74, 6) is 0. The van der Waals surface area contributed by atoms with Crippen LogP contribution in [0.15, 0.2) is 35.6 Å². The molecule has 1 aliphatic heterocycles. The van der Waals surface area contributed by atoms with Crippen LogP contribution in [0.3, 0.4) is 0 Å². The van der Waals surface area contributed by atoms with Gasteiger partial charge in [-0.3, -0.25) is 0 Å². The molecule has 110 valence electrons. The van der Waals surface area contributed by atoms with Crippen molar-refractivity contribution in [3.05, 3.63) is 52.6 Å². The van der Waals surface area contributed by atoms with Gasteiger partial charge in [0.15, 0.2) is 0 Å². The van der Waals surface area contributed by atoms with Crippen LogP contribution in [-0.4, -0.2) is 29.2 Å². The van der Waals surface area contributed by atoms with Crippen molar-refractivity contribution in [2.24, 2.45) is 0 Å². The number of nitrogens with zero attached hydrogens (tertiary/aromatic N) is 3. The highest BCUT2D eigenvalue weighted by atomic mass is 35.5. The van der Waals surface area contributed by atoms with E-state index >= 15 is 0 Å². The van der Waals surface area contributed by atoms with Crippen molar-refractivity contribution in [3.63, 3.8) is 0 Å². The standard InChI is InChI=1S/C14H14ClN3O2S/c1-10-2-3-12(6-13(10)15)21(19,20)18-5-4-11-7-16-9-17-14(11)8-18/h2-3,6-7,9H,4-5,8H2,1H3. The molecule has 7 heteroatoms. The van der Waals surface area contributed by atoms with Crippen molar-refractivity contribution < 1.29 is 8.42 Å². The molecule has 0 unspecified atom stereocenters. The number of fused-ring (bicyclic) bond motifs is 1. The van der Waals surface area contributed by atoms with E-state index in [1.54, 1.807) is 18.3 Å². The second-order valence-corrected chi connectivity index (χ2v) is 7.34. The fourth-order valence-electron chi connectivity index (χ4n) is 2.31. The van der Waals surface area contributed by atoms with E-state index in [4.69, 9.17) is 11.6 Å². The van der Waals surface area contributed by atoms with Crippen molar-refractivity contribution in [3.8, 4) is 0 Å². The zero-order valence-corrected chi connectivity index (χ0v) is 13.0. The van der Waals surface area contributed by atoms with E-state index in [1.165, 1.54) is 16.7 Å². The molecular weight excluding hydrogens is 310 g/mol. The van der Waals surface area contributed by atoms with E-state index < -0.39 is 10.0 Å². The molecule has 0 saturated heterocycles. The Hall–Kier alpha value is -1.50. The van der Waals surface area contributed by atoms with Gasteiger partial charge in [0.25, 0.3) is 0 Å². The van der Waals surface area contributed by atoms with Gasteiger partial charge in [-0.25, -0.2) is 18.4 Å². The number of halogens is 1. The maximum absolute atomic E-state index is 12.7. The van der Waals surface area contributed by atoms with E-state index in [1.807, 2.05) is 6.92 Å². The van der Waals surface area contributed by atoms with Gasteiger partial charge in [-0.05, 0) is 36.6 Å². The second kappa shape index (κ2) is 5.36. The van der Waals surface area contributed by atoms with Gasteiger partial charge in [0.2, 0.25) is 10.0 Å². The Morgan fingerprint density at radius 3 is 2.90 bits per heavy atom. The molecule has 0 spiro atoms. The number of aryl methyl sites for hydroxylation is 1. The predicted octanol–water partition coefficient (Wildman–Crippen LogP) is 2.19. The molecule has 1 aromatic carbocycles. The van der Waals surface area contributed by atoms with Crippen LogP contribution in [0.4, 0.5) is 0 Å². The third-order valence-corrected chi connectivity index (χ3v) is 5.87. The molecule has 3 rings (SSSR count). The van der Waals surface area contributed by atoms with Crippen LogP contribution in [0.2, 0.25) is 5.02 Å². The lowest BCUT2D eigenvalue weighted by molar-refractivity contribution is 0.384. The summed E-state index contributed by atoms with van der Waals surface area (Å²) in [5, 5.41) is 0.454. The van der Waals surface area contributed by atoms with Crippen molar-refractivity contribution in [2.45, 2.75) is 24.8 Å². The fraction of sp³-hybridized carbons (Fsp3) is 0.286. The zero-order valence-electron chi connectivity index (χ0n) is 11.5. The lowest BCUT2D eigenvalue weighted by atomic mass is 10.1. The summed E-state index contributed by atoms with van der Waals surface area (Å²) in [6, 6.07) is 4.81. The number of sulfonamides is 1. The summed E-state index contributed by atoms with van der Waals surface area (Å²) in [6.07, 6.45) is 3.81. The van der Waals surface area contributed by atoms with Crippen LogP contribution in [0.5, 0.6) is 0 Å². The van der Waals surface area contributed by atoms with Gasteiger partial charge in [-0.15, -0.1) is 0 Å². The summed E-state index contributed by atoms with van der Waals surface area (Å²) in [7, 11) is -3.56. The zero-order chi connectivity index (χ0) is 15.0. The van der Waals surface area contributed by atoms with Crippen molar-refractivity contribution in [1.82, 2.24) is 14.3 Å². The summed E-state index contributed by atoms with van der Waals surface area (Å²) >= 11 is 6.04. The van der Waals surface area contributed by atoms with E-state index in [0.29, 0.717) is 18.0 Å². The Labute approximate surface area is 128 Å². The molecule has 2 aromatic rings. The molecule has 21 heavy (non-hydrogen) atoms. The van der Waals surface area contributed by atoms with Crippen LogP contribution in [0.1, 0.15) is 16.8 Å². The van der Waals surface area contributed by atoms with Crippen molar-refractivity contribution in [1.29, 1.82) is 0 Å². The molecule has 5 nitrogen and oxygen atoms in total. The molecule has 0 saturated carbocycles. The van der Waals surface area contributed by atoms with Gasteiger partial charge in [0.1, 0.15) is 6.33 Å². The first-order chi connectivity index (χ1) is 9.98. The first-order valence-corrected chi connectivity index (χ1v) is 8.34. The Morgan fingerprint density at radius 1 is 1.33 bits per heavy atom. The van der Waals surface area contributed by atoms with Crippen LogP contribution in [-0.2, 0) is 23.0 Å². The van der Waals surface area contributed by atoms with Gasteiger partial charge >= 0.3 is 0 Å². The highest BCUT2D eigenvalue weighted by molar-refractivity contribution is 7.89. The molecule has 1 aliphatic rings. The van der Waals surface area contributed by atoms with Crippen LogP contribution in [0.25, 0.3) is 0 Å². The molecule has 0 atom stereocenters. The highest BCUT2D eigenvalue weighted by Crippen LogP contribution is 2.26. The summed E-state index contributed by atoms with van der Waals surface area (Å²) in [5.41, 5.74) is 2.62.